The van der Waals surface area contributed by atoms with Gasteiger partial charge in [-0.1, -0.05) is 22.0 Å². The van der Waals surface area contributed by atoms with E-state index in [-0.39, 0.29) is 4.90 Å². The van der Waals surface area contributed by atoms with E-state index in [2.05, 4.69) is 20.7 Å². The fraction of sp³-hybridized carbons (Fsp3) is 0.333. The number of hydrogen-bond acceptors (Lipinski definition) is 4. The van der Waals surface area contributed by atoms with Gasteiger partial charge in [0.1, 0.15) is 0 Å². The molecule has 0 heterocycles. The van der Waals surface area contributed by atoms with Crippen LogP contribution >= 0.6 is 15.9 Å². The van der Waals surface area contributed by atoms with E-state index in [1.54, 1.807) is 37.3 Å². The van der Waals surface area contributed by atoms with E-state index in [0.717, 1.165) is 10.0 Å². The third kappa shape index (κ3) is 5.20. The number of hydrogen-bond donors (Lipinski definition) is 1. The molecule has 2 aromatic rings. The summed E-state index contributed by atoms with van der Waals surface area (Å²) in [7, 11) is -3.61. The van der Waals surface area contributed by atoms with Crippen molar-refractivity contribution in [1.82, 2.24) is 4.72 Å². The van der Waals surface area contributed by atoms with Crippen LogP contribution in [0.3, 0.4) is 0 Å². The summed E-state index contributed by atoms with van der Waals surface area (Å²) in [5.74, 6) is 1.26. The van der Waals surface area contributed by atoms with Gasteiger partial charge in [-0.05, 0) is 62.7 Å². The molecule has 0 saturated carbocycles. The van der Waals surface area contributed by atoms with E-state index in [4.69, 9.17) is 9.47 Å². The van der Waals surface area contributed by atoms with E-state index in [0.29, 0.717) is 24.7 Å². The Labute approximate surface area is 157 Å². The van der Waals surface area contributed by atoms with E-state index in [1.807, 2.05) is 26.0 Å². The first-order valence-electron chi connectivity index (χ1n) is 8.04. The van der Waals surface area contributed by atoms with Crippen molar-refractivity contribution in [2.24, 2.45) is 0 Å². The summed E-state index contributed by atoms with van der Waals surface area (Å²) in [6.07, 6.45) is 0. The van der Waals surface area contributed by atoms with Crippen LogP contribution in [0.25, 0.3) is 0 Å². The number of sulfonamides is 1. The third-order valence-corrected chi connectivity index (χ3v) is 5.61. The van der Waals surface area contributed by atoms with Gasteiger partial charge in [0.05, 0.1) is 18.1 Å². The van der Waals surface area contributed by atoms with E-state index in [1.165, 1.54) is 0 Å². The number of rotatable bonds is 8. The van der Waals surface area contributed by atoms with Crippen molar-refractivity contribution < 1.29 is 17.9 Å². The molecule has 0 amide bonds. The third-order valence-electron chi connectivity index (χ3n) is 3.52. The number of halogens is 1. The average molecular weight is 428 g/mol. The molecule has 0 aliphatic heterocycles. The highest BCUT2D eigenvalue weighted by Gasteiger charge is 2.19. The van der Waals surface area contributed by atoms with Crippen LogP contribution in [0, 0.1) is 0 Å². The summed E-state index contributed by atoms with van der Waals surface area (Å²) in [4.78, 5) is 0.221. The quantitative estimate of drug-likeness (QED) is 0.682. The first-order chi connectivity index (χ1) is 11.9. The van der Waals surface area contributed by atoms with Crippen LogP contribution in [0.2, 0.25) is 0 Å². The molecule has 1 N–H and O–H groups in total. The van der Waals surface area contributed by atoms with Gasteiger partial charge in [-0.25, -0.2) is 13.1 Å². The molecule has 0 aromatic heterocycles. The zero-order chi connectivity index (χ0) is 18.4. The summed E-state index contributed by atoms with van der Waals surface area (Å²) in [5.41, 5.74) is 0.799. The van der Waals surface area contributed by atoms with Gasteiger partial charge in [0, 0.05) is 10.5 Å². The first kappa shape index (κ1) is 19.8. The second-order valence-corrected chi connectivity index (χ2v) is 8.00. The molecule has 5 nitrogen and oxygen atoms in total. The van der Waals surface area contributed by atoms with Crippen LogP contribution < -0.4 is 14.2 Å². The van der Waals surface area contributed by atoms with Gasteiger partial charge in [-0.3, -0.25) is 0 Å². The highest BCUT2D eigenvalue weighted by atomic mass is 79.9. The Morgan fingerprint density at radius 2 is 1.60 bits per heavy atom. The lowest BCUT2D eigenvalue weighted by molar-refractivity contribution is 0.287. The van der Waals surface area contributed by atoms with Crippen molar-refractivity contribution in [3.05, 3.63) is 52.5 Å². The molecule has 0 radical (unpaired) electrons. The minimum atomic E-state index is -3.61. The van der Waals surface area contributed by atoms with E-state index >= 15 is 0 Å². The van der Waals surface area contributed by atoms with Crippen molar-refractivity contribution in [3.63, 3.8) is 0 Å². The number of nitrogens with one attached hydrogen (secondary N) is 1. The minimum absolute atomic E-state index is 0.221. The molecule has 2 aromatic carbocycles. The molecular formula is C18H22BrNO4S. The highest BCUT2D eigenvalue weighted by Crippen LogP contribution is 2.31. The van der Waals surface area contributed by atoms with Crippen molar-refractivity contribution >= 4 is 26.0 Å². The highest BCUT2D eigenvalue weighted by molar-refractivity contribution is 9.10. The zero-order valence-electron chi connectivity index (χ0n) is 14.5. The molecule has 0 unspecified atom stereocenters. The lowest BCUT2D eigenvalue weighted by atomic mass is 10.1. The lowest BCUT2D eigenvalue weighted by Gasteiger charge is -2.17. The van der Waals surface area contributed by atoms with Crippen LogP contribution in [0.5, 0.6) is 11.5 Å². The molecule has 0 aliphatic rings. The fourth-order valence-corrected chi connectivity index (χ4v) is 3.82. The van der Waals surface area contributed by atoms with Crippen molar-refractivity contribution in [1.29, 1.82) is 0 Å². The normalized spacial score (nSPS) is 12.6. The Bertz CT molecular complexity index is 806. The van der Waals surface area contributed by atoms with Gasteiger partial charge >= 0.3 is 0 Å². The zero-order valence-corrected chi connectivity index (χ0v) is 16.9. The smallest absolute Gasteiger partial charge is 0.241 e. The molecule has 7 heteroatoms. The molecule has 25 heavy (non-hydrogen) atoms. The van der Waals surface area contributed by atoms with Crippen LogP contribution in [-0.2, 0) is 10.0 Å². The SMILES string of the molecule is CCOc1ccc([C@@H](C)NS(=O)(=O)c2ccc(Br)cc2)cc1OCC. The van der Waals surface area contributed by atoms with Gasteiger partial charge < -0.3 is 9.47 Å². The molecule has 0 spiro atoms. The van der Waals surface area contributed by atoms with E-state index in [9.17, 15) is 8.42 Å². The molecule has 2 rings (SSSR count). The van der Waals surface area contributed by atoms with Gasteiger partial charge in [-0.15, -0.1) is 0 Å². The van der Waals surface area contributed by atoms with Crippen LogP contribution in [0.4, 0.5) is 0 Å². The molecular weight excluding hydrogens is 406 g/mol. The van der Waals surface area contributed by atoms with Gasteiger partial charge in [-0.2, -0.15) is 0 Å². The Morgan fingerprint density at radius 3 is 2.20 bits per heavy atom. The monoisotopic (exact) mass is 427 g/mol. The van der Waals surface area contributed by atoms with Crippen LogP contribution in [0.1, 0.15) is 32.4 Å². The summed E-state index contributed by atoms with van der Waals surface area (Å²) < 4.78 is 39.7. The molecule has 0 aliphatic carbocycles. The molecule has 0 saturated heterocycles. The molecule has 1 atom stereocenters. The Hall–Kier alpha value is -1.57. The minimum Gasteiger partial charge on any atom is -0.490 e. The van der Waals surface area contributed by atoms with E-state index < -0.39 is 16.1 Å². The maximum atomic E-state index is 12.5. The van der Waals surface area contributed by atoms with Gasteiger partial charge in [0.2, 0.25) is 10.0 Å². The van der Waals surface area contributed by atoms with Crippen molar-refractivity contribution in [3.8, 4) is 11.5 Å². The second-order valence-electron chi connectivity index (χ2n) is 5.37. The number of benzene rings is 2. The summed E-state index contributed by atoms with van der Waals surface area (Å²) in [6.45, 7) is 6.62. The summed E-state index contributed by atoms with van der Waals surface area (Å²) in [5, 5.41) is 0. The maximum absolute atomic E-state index is 12.5. The Kier molecular flexibility index (Phi) is 6.87. The maximum Gasteiger partial charge on any atom is 0.241 e. The average Bonchev–Trinajstić information content (AvgIpc) is 2.57. The van der Waals surface area contributed by atoms with Crippen LogP contribution in [-0.4, -0.2) is 21.6 Å². The fourth-order valence-electron chi connectivity index (χ4n) is 2.32. The van der Waals surface area contributed by atoms with Gasteiger partial charge in [0.15, 0.2) is 11.5 Å². The second kappa shape index (κ2) is 8.69. The molecule has 0 bridgehead atoms. The van der Waals surface area contributed by atoms with Crippen LogP contribution in [0.15, 0.2) is 51.8 Å². The lowest BCUT2D eigenvalue weighted by Crippen LogP contribution is -2.26. The summed E-state index contributed by atoms with van der Waals surface area (Å²) >= 11 is 3.30. The molecule has 136 valence electrons. The van der Waals surface area contributed by atoms with Crippen molar-refractivity contribution in [2.45, 2.75) is 31.7 Å². The summed E-state index contributed by atoms with van der Waals surface area (Å²) in [6, 6.07) is 11.5. The first-order valence-corrected chi connectivity index (χ1v) is 10.3. The largest absolute Gasteiger partial charge is 0.490 e. The standard InChI is InChI=1S/C18H22BrNO4S/c1-4-23-17-11-6-14(12-18(17)24-5-2)13(3)20-25(21,22)16-9-7-15(19)8-10-16/h6-13,20H,4-5H2,1-3H3/t13-/m1/s1. The predicted molar refractivity (Wildman–Crippen MR) is 102 cm³/mol. The predicted octanol–water partition coefficient (Wildman–Crippen LogP) is 4.29. The number of ether oxygens (including phenoxy) is 2. The Balaban J connectivity index is 2.23. The van der Waals surface area contributed by atoms with Crippen molar-refractivity contribution in [2.75, 3.05) is 13.2 Å². The molecule has 0 fully saturated rings. The van der Waals surface area contributed by atoms with Gasteiger partial charge in [0.25, 0.3) is 0 Å². The Morgan fingerprint density at radius 1 is 1.00 bits per heavy atom. The topological polar surface area (TPSA) is 64.6 Å².